The van der Waals surface area contributed by atoms with Crippen LogP contribution in [-0.4, -0.2) is 6.04 Å². The van der Waals surface area contributed by atoms with Crippen molar-refractivity contribution in [1.82, 2.24) is 0 Å². The lowest BCUT2D eigenvalue weighted by molar-refractivity contribution is 0.424. The van der Waals surface area contributed by atoms with Gasteiger partial charge in [0.25, 0.3) is 0 Å². The van der Waals surface area contributed by atoms with Gasteiger partial charge in [-0.15, -0.1) is 0 Å². The van der Waals surface area contributed by atoms with E-state index in [4.69, 9.17) is 21.7 Å². The third-order valence-corrected chi connectivity index (χ3v) is 1.80. The zero-order chi connectivity index (χ0) is 8.43. The molecule has 0 radical (unpaired) electrons. The van der Waals surface area contributed by atoms with Crippen molar-refractivity contribution in [2.45, 2.75) is 12.5 Å². The van der Waals surface area contributed by atoms with Crippen molar-refractivity contribution in [3.63, 3.8) is 0 Å². The molecule has 0 aromatic heterocycles. The molecule has 0 saturated heterocycles. The molecule has 0 amide bonds. The van der Waals surface area contributed by atoms with E-state index in [0.29, 0.717) is 23.6 Å². The zero-order valence-electron chi connectivity index (χ0n) is 6.08. The van der Waals surface area contributed by atoms with Crippen LogP contribution in [0.5, 0.6) is 0 Å². The zero-order valence-corrected chi connectivity index (χ0v) is 7.23. The molecule has 62 valence electrons. The third kappa shape index (κ3) is 1.64. The predicted molar refractivity (Wildman–Crippen MR) is 46.9 cm³/mol. The fourth-order valence-corrected chi connectivity index (χ4v) is 1.36. The van der Waals surface area contributed by atoms with E-state index in [0.717, 1.165) is 0 Å². The molecule has 0 aromatic carbocycles. The largest absolute Gasteiger partial charge is 0.481 e. The fraction of sp³-hybridized carbons (Fsp3) is 0.333. The van der Waals surface area contributed by atoms with Gasteiger partial charge in [0.2, 0.25) is 0 Å². The Bertz CT molecular complexity index is 224. The molecule has 0 saturated carbocycles. The molecule has 5 heteroatoms. The van der Waals surface area contributed by atoms with E-state index < -0.39 is 0 Å². The monoisotopic (exact) mass is 173 g/mol. The van der Waals surface area contributed by atoms with Gasteiger partial charge in [-0.25, -0.2) is 0 Å². The van der Waals surface area contributed by atoms with Gasteiger partial charge in [0.15, 0.2) is 0 Å². The maximum absolute atomic E-state index is 5.67. The lowest BCUT2D eigenvalue weighted by atomic mass is 10.0. The van der Waals surface area contributed by atoms with E-state index in [-0.39, 0.29) is 6.04 Å². The van der Waals surface area contributed by atoms with Crippen LogP contribution in [0.15, 0.2) is 23.2 Å². The minimum absolute atomic E-state index is 0.211. The summed E-state index contributed by atoms with van der Waals surface area (Å²) in [7, 11) is 2.12. The molecule has 0 bridgehead atoms. The van der Waals surface area contributed by atoms with Crippen molar-refractivity contribution in [3.05, 3.63) is 23.2 Å². The highest BCUT2D eigenvalue weighted by Crippen LogP contribution is 2.20. The fourth-order valence-electron chi connectivity index (χ4n) is 1.05. The average molecular weight is 173 g/mol. The molecule has 0 aliphatic heterocycles. The van der Waals surface area contributed by atoms with Crippen molar-refractivity contribution in [3.8, 4) is 0 Å². The number of allylic oxidation sites excluding steroid dienone is 1. The van der Waals surface area contributed by atoms with Gasteiger partial charge >= 0.3 is 0 Å². The number of rotatable bonds is 1. The second-order valence-electron chi connectivity index (χ2n) is 2.47. The first-order valence-electron chi connectivity index (χ1n) is 3.23. The lowest BCUT2D eigenvalue weighted by Crippen LogP contribution is -2.30. The Morgan fingerprint density at radius 1 is 1.55 bits per heavy atom. The highest BCUT2D eigenvalue weighted by atomic mass is 31.0. The molecule has 11 heavy (non-hydrogen) atoms. The van der Waals surface area contributed by atoms with Crippen LogP contribution in [0.1, 0.15) is 6.42 Å². The quantitative estimate of drug-likeness (QED) is 0.468. The summed E-state index contributed by atoms with van der Waals surface area (Å²) >= 11 is 0. The molecule has 0 fully saturated rings. The molecule has 1 aliphatic carbocycles. The molecular formula is C6H12N3OP. The van der Waals surface area contributed by atoms with Crippen molar-refractivity contribution >= 4 is 9.47 Å². The standard InChI is InChI=1S/C6H12N3OP/c7-3-1-4(8)6(10-11)5(9)2-3/h1,5H,2,7-9,11H2. The second kappa shape index (κ2) is 3.11. The molecule has 0 heterocycles. The Kier molecular flexibility index (Phi) is 2.37. The smallest absolute Gasteiger partial charge is 0.139 e. The van der Waals surface area contributed by atoms with Gasteiger partial charge in [-0.05, 0) is 6.08 Å². The minimum Gasteiger partial charge on any atom is -0.481 e. The molecule has 0 spiro atoms. The maximum Gasteiger partial charge on any atom is 0.139 e. The van der Waals surface area contributed by atoms with Gasteiger partial charge < -0.3 is 21.7 Å². The maximum atomic E-state index is 5.67. The van der Waals surface area contributed by atoms with E-state index in [1.54, 1.807) is 6.08 Å². The van der Waals surface area contributed by atoms with E-state index in [2.05, 4.69) is 9.47 Å². The summed E-state index contributed by atoms with van der Waals surface area (Å²) in [6.45, 7) is 0. The third-order valence-electron chi connectivity index (χ3n) is 1.54. The number of hydrogen-bond acceptors (Lipinski definition) is 4. The van der Waals surface area contributed by atoms with Crippen molar-refractivity contribution in [1.29, 1.82) is 0 Å². The van der Waals surface area contributed by atoms with Gasteiger partial charge in [-0.3, -0.25) is 0 Å². The first-order chi connectivity index (χ1) is 5.15. The Balaban J connectivity index is 2.92. The highest BCUT2D eigenvalue weighted by Gasteiger charge is 2.18. The van der Waals surface area contributed by atoms with Crippen LogP contribution in [0.2, 0.25) is 0 Å². The first-order valence-corrected chi connectivity index (χ1v) is 3.70. The molecule has 1 aliphatic rings. The highest BCUT2D eigenvalue weighted by molar-refractivity contribution is 7.10. The van der Waals surface area contributed by atoms with Gasteiger partial charge in [0.1, 0.15) is 5.76 Å². The van der Waals surface area contributed by atoms with Crippen LogP contribution < -0.4 is 17.2 Å². The van der Waals surface area contributed by atoms with Crippen molar-refractivity contribution < 1.29 is 4.52 Å². The normalized spacial score (nSPS) is 24.9. The molecule has 0 aromatic rings. The summed E-state index contributed by atoms with van der Waals surface area (Å²) in [6, 6.07) is -0.211. The first kappa shape index (κ1) is 8.37. The van der Waals surface area contributed by atoms with E-state index in [9.17, 15) is 0 Å². The van der Waals surface area contributed by atoms with Crippen LogP contribution >= 0.6 is 9.47 Å². The SMILES string of the molecule is NC1=CC(N)=C(OP)C(N)C1. The van der Waals surface area contributed by atoms with E-state index >= 15 is 0 Å². The molecule has 6 N–H and O–H groups in total. The predicted octanol–water partition coefficient (Wildman–Crippen LogP) is -0.463. The Hall–Kier alpha value is -0.730. The summed E-state index contributed by atoms with van der Waals surface area (Å²) in [5, 5.41) is 0. The topological polar surface area (TPSA) is 87.3 Å². The van der Waals surface area contributed by atoms with E-state index in [1.807, 2.05) is 0 Å². The van der Waals surface area contributed by atoms with Gasteiger partial charge in [0.05, 0.1) is 21.2 Å². The van der Waals surface area contributed by atoms with Crippen LogP contribution in [0.3, 0.4) is 0 Å². The van der Waals surface area contributed by atoms with Gasteiger partial charge in [-0.1, -0.05) is 0 Å². The average Bonchev–Trinajstić information content (AvgIpc) is 1.85. The van der Waals surface area contributed by atoms with Crippen LogP contribution in [0.25, 0.3) is 0 Å². The Labute approximate surface area is 67.7 Å². The van der Waals surface area contributed by atoms with Crippen LogP contribution in [-0.2, 0) is 4.52 Å². The molecule has 2 unspecified atom stereocenters. The number of hydrogen-bond donors (Lipinski definition) is 3. The molecular weight excluding hydrogens is 161 g/mol. The molecule has 2 atom stereocenters. The van der Waals surface area contributed by atoms with Gasteiger partial charge in [-0.2, -0.15) is 0 Å². The van der Waals surface area contributed by atoms with Crippen LogP contribution in [0.4, 0.5) is 0 Å². The Morgan fingerprint density at radius 2 is 2.18 bits per heavy atom. The molecule has 4 nitrogen and oxygen atoms in total. The van der Waals surface area contributed by atoms with Gasteiger partial charge in [0, 0.05) is 12.1 Å². The van der Waals surface area contributed by atoms with Crippen molar-refractivity contribution in [2.75, 3.05) is 0 Å². The lowest BCUT2D eigenvalue weighted by Gasteiger charge is -2.20. The summed E-state index contributed by atoms with van der Waals surface area (Å²) < 4.78 is 4.91. The minimum atomic E-state index is -0.211. The van der Waals surface area contributed by atoms with Crippen LogP contribution in [0, 0.1) is 0 Å². The summed E-state index contributed by atoms with van der Waals surface area (Å²) in [6.07, 6.45) is 2.27. The second-order valence-corrected chi connectivity index (χ2v) is 2.70. The summed E-state index contributed by atoms with van der Waals surface area (Å²) in [4.78, 5) is 0. The Morgan fingerprint density at radius 3 is 2.64 bits per heavy atom. The number of nitrogens with two attached hydrogens (primary N) is 3. The summed E-state index contributed by atoms with van der Waals surface area (Å²) in [5.74, 6) is 0.587. The van der Waals surface area contributed by atoms with E-state index in [1.165, 1.54) is 0 Å². The van der Waals surface area contributed by atoms with Crippen molar-refractivity contribution in [2.24, 2.45) is 17.2 Å². The molecule has 1 rings (SSSR count). The summed E-state index contributed by atoms with van der Waals surface area (Å²) in [5.41, 5.74) is 18.0.